The largest absolute Gasteiger partial charge is 0.472 e. The first kappa shape index (κ1) is 17.4. The molecule has 1 aliphatic carbocycles. The molecule has 2 aliphatic rings. The van der Waals surface area contributed by atoms with Gasteiger partial charge in [-0.3, -0.25) is 0 Å². The summed E-state index contributed by atoms with van der Waals surface area (Å²) in [6, 6.07) is 8.73. The third-order valence-electron chi connectivity index (χ3n) is 6.35. The lowest BCUT2D eigenvalue weighted by Gasteiger charge is -2.32. The second-order valence-electron chi connectivity index (χ2n) is 8.16. The molecule has 1 aromatic heterocycles. The molecule has 3 aromatic rings. The molecule has 0 amide bonds. The van der Waals surface area contributed by atoms with Crippen molar-refractivity contribution in [2.24, 2.45) is 0 Å². The van der Waals surface area contributed by atoms with Gasteiger partial charge in [0.05, 0.1) is 0 Å². The summed E-state index contributed by atoms with van der Waals surface area (Å²) in [5.74, 6) is 0.867. The Morgan fingerprint density at radius 1 is 0.964 bits per heavy atom. The van der Waals surface area contributed by atoms with Crippen molar-refractivity contribution in [1.82, 2.24) is 0 Å². The van der Waals surface area contributed by atoms with E-state index in [1.807, 2.05) is 6.92 Å². The summed E-state index contributed by atoms with van der Waals surface area (Å²) < 4.78 is 11.9. The third-order valence-corrected chi connectivity index (χ3v) is 6.35. The van der Waals surface area contributed by atoms with Crippen molar-refractivity contribution in [3.8, 4) is 5.75 Å². The van der Waals surface area contributed by atoms with Gasteiger partial charge in [-0.25, -0.2) is 4.79 Å². The maximum atomic E-state index is 12.5. The Labute approximate surface area is 164 Å². The van der Waals surface area contributed by atoms with Crippen LogP contribution in [0.25, 0.3) is 11.0 Å². The number of benzene rings is 2. The van der Waals surface area contributed by atoms with Gasteiger partial charge in [0.15, 0.2) is 6.73 Å². The van der Waals surface area contributed by atoms with E-state index in [0.717, 1.165) is 60.1 Å². The zero-order valence-corrected chi connectivity index (χ0v) is 16.7. The third kappa shape index (κ3) is 2.62. The lowest BCUT2D eigenvalue weighted by molar-refractivity contribution is 0.287. The molecule has 144 valence electrons. The smallest absolute Gasteiger partial charge is 0.339 e. The fraction of sp³-hybridized carbons (Fsp3) is 0.375. The average molecular weight is 375 g/mol. The van der Waals surface area contributed by atoms with Crippen LogP contribution in [0, 0.1) is 20.8 Å². The summed E-state index contributed by atoms with van der Waals surface area (Å²) in [5, 5.41) is 1.09. The Morgan fingerprint density at radius 2 is 1.75 bits per heavy atom. The van der Waals surface area contributed by atoms with Crippen LogP contribution in [0.2, 0.25) is 0 Å². The first-order valence-electron chi connectivity index (χ1n) is 10.1. The molecule has 5 rings (SSSR count). The Bertz CT molecular complexity index is 1160. The summed E-state index contributed by atoms with van der Waals surface area (Å²) in [6.45, 7) is 7.57. The number of ether oxygens (including phenoxy) is 1. The molecule has 28 heavy (non-hydrogen) atoms. The van der Waals surface area contributed by atoms with Crippen molar-refractivity contribution in [2.45, 2.75) is 53.0 Å². The van der Waals surface area contributed by atoms with Gasteiger partial charge in [-0.2, -0.15) is 0 Å². The fourth-order valence-electron chi connectivity index (χ4n) is 4.59. The van der Waals surface area contributed by atoms with Crippen LogP contribution in [0.4, 0.5) is 5.69 Å². The van der Waals surface area contributed by atoms with Crippen LogP contribution >= 0.6 is 0 Å². The van der Waals surface area contributed by atoms with Crippen LogP contribution in [0.15, 0.2) is 33.5 Å². The fourth-order valence-corrected chi connectivity index (χ4v) is 4.59. The van der Waals surface area contributed by atoms with Crippen LogP contribution in [0.3, 0.4) is 0 Å². The molecule has 0 radical (unpaired) electrons. The van der Waals surface area contributed by atoms with Crippen molar-refractivity contribution < 1.29 is 9.15 Å². The van der Waals surface area contributed by atoms with Gasteiger partial charge in [-0.1, -0.05) is 6.07 Å². The minimum atomic E-state index is -0.169. The minimum Gasteiger partial charge on any atom is -0.472 e. The van der Waals surface area contributed by atoms with Gasteiger partial charge in [-0.05, 0) is 81.3 Å². The molecule has 4 heteroatoms. The average Bonchev–Trinajstić information content (AvgIpc) is 2.71. The Balaban J connectivity index is 1.63. The van der Waals surface area contributed by atoms with Crippen LogP contribution < -0.4 is 15.3 Å². The summed E-state index contributed by atoms with van der Waals surface area (Å²) in [4.78, 5) is 14.7. The molecule has 4 nitrogen and oxygen atoms in total. The quantitative estimate of drug-likeness (QED) is 0.564. The van der Waals surface area contributed by atoms with E-state index in [9.17, 15) is 4.79 Å². The predicted octanol–water partition coefficient (Wildman–Crippen LogP) is 4.95. The van der Waals surface area contributed by atoms with E-state index in [1.165, 1.54) is 22.4 Å². The lowest BCUT2D eigenvalue weighted by Crippen LogP contribution is -2.32. The number of nitrogens with zero attached hydrogens (tertiary/aromatic N) is 1. The molecule has 0 unspecified atom stereocenters. The highest BCUT2D eigenvalue weighted by Gasteiger charge is 2.25. The monoisotopic (exact) mass is 375 g/mol. The van der Waals surface area contributed by atoms with E-state index >= 15 is 0 Å². The van der Waals surface area contributed by atoms with Gasteiger partial charge in [0.1, 0.15) is 11.3 Å². The number of hydrogen-bond acceptors (Lipinski definition) is 4. The topological polar surface area (TPSA) is 42.7 Å². The van der Waals surface area contributed by atoms with Gasteiger partial charge >= 0.3 is 5.63 Å². The maximum absolute atomic E-state index is 12.5. The molecule has 0 spiro atoms. The molecular weight excluding hydrogens is 350 g/mol. The number of rotatable bonds is 1. The van der Waals surface area contributed by atoms with Crippen LogP contribution in [0.5, 0.6) is 5.75 Å². The van der Waals surface area contributed by atoms with Gasteiger partial charge in [0.25, 0.3) is 0 Å². The number of hydrogen-bond donors (Lipinski definition) is 0. The van der Waals surface area contributed by atoms with Crippen molar-refractivity contribution in [3.63, 3.8) is 0 Å². The van der Waals surface area contributed by atoms with Gasteiger partial charge in [0.2, 0.25) is 0 Å². The lowest BCUT2D eigenvalue weighted by atomic mass is 9.89. The zero-order valence-electron chi connectivity index (χ0n) is 16.7. The number of anilines is 1. The first-order chi connectivity index (χ1) is 13.5. The van der Waals surface area contributed by atoms with Crippen molar-refractivity contribution in [3.05, 3.63) is 68.1 Å². The Kier molecular flexibility index (Phi) is 3.97. The van der Waals surface area contributed by atoms with Crippen LogP contribution in [-0.2, 0) is 19.4 Å². The second kappa shape index (κ2) is 6.40. The normalized spacial score (nSPS) is 15.9. The summed E-state index contributed by atoms with van der Waals surface area (Å²) in [7, 11) is 0. The van der Waals surface area contributed by atoms with Gasteiger partial charge in [0, 0.05) is 34.3 Å². The highest BCUT2D eigenvalue weighted by molar-refractivity contribution is 5.87. The van der Waals surface area contributed by atoms with E-state index in [2.05, 4.69) is 43.0 Å². The molecule has 0 fully saturated rings. The molecule has 2 heterocycles. The molecule has 0 saturated carbocycles. The molecule has 1 aliphatic heterocycles. The number of aryl methyl sites for hydroxylation is 4. The summed E-state index contributed by atoms with van der Waals surface area (Å²) in [6.07, 6.45) is 3.98. The summed E-state index contributed by atoms with van der Waals surface area (Å²) >= 11 is 0. The van der Waals surface area contributed by atoms with Gasteiger partial charge in [-0.15, -0.1) is 0 Å². The highest BCUT2D eigenvalue weighted by atomic mass is 16.5. The van der Waals surface area contributed by atoms with E-state index in [-0.39, 0.29) is 5.63 Å². The summed E-state index contributed by atoms with van der Waals surface area (Å²) in [5.41, 5.74) is 8.45. The van der Waals surface area contributed by atoms with Crippen LogP contribution in [0.1, 0.15) is 46.2 Å². The van der Waals surface area contributed by atoms with E-state index in [4.69, 9.17) is 9.15 Å². The molecule has 0 atom stereocenters. The standard InChI is InChI=1S/C24H25NO3/c1-14-8-9-18(10-15(14)2)25-12-17-11-21-19-6-4-5-7-20(19)24(26)28-23(21)16(3)22(17)27-13-25/h8-11H,4-7,12-13H2,1-3H3. The van der Waals surface area contributed by atoms with E-state index < -0.39 is 0 Å². The SMILES string of the molecule is Cc1ccc(N2COc3c(cc4c5c(c(=O)oc4c3C)CCCC5)C2)cc1C. The molecule has 0 saturated heterocycles. The molecule has 0 N–H and O–H groups in total. The van der Waals surface area contributed by atoms with Crippen molar-refractivity contribution in [1.29, 1.82) is 0 Å². The van der Waals surface area contributed by atoms with Crippen molar-refractivity contribution in [2.75, 3.05) is 11.6 Å². The van der Waals surface area contributed by atoms with Gasteiger partial charge < -0.3 is 14.1 Å². The van der Waals surface area contributed by atoms with Crippen molar-refractivity contribution >= 4 is 16.7 Å². The Hall–Kier alpha value is -2.75. The number of fused-ring (bicyclic) bond motifs is 4. The predicted molar refractivity (Wildman–Crippen MR) is 111 cm³/mol. The molecular formula is C24H25NO3. The minimum absolute atomic E-state index is 0.169. The second-order valence-corrected chi connectivity index (χ2v) is 8.16. The highest BCUT2D eigenvalue weighted by Crippen LogP contribution is 2.38. The van der Waals surface area contributed by atoms with E-state index in [1.54, 1.807) is 0 Å². The first-order valence-corrected chi connectivity index (χ1v) is 10.1. The maximum Gasteiger partial charge on any atom is 0.339 e. The Morgan fingerprint density at radius 3 is 2.54 bits per heavy atom. The van der Waals surface area contributed by atoms with Crippen LogP contribution in [-0.4, -0.2) is 6.73 Å². The zero-order chi connectivity index (χ0) is 19.4. The molecule has 2 aromatic carbocycles. The molecule has 0 bridgehead atoms. The van der Waals surface area contributed by atoms with E-state index in [0.29, 0.717) is 12.3 Å².